The summed E-state index contributed by atoms with van der Waals surface area (Å²) in [5.74, 6) is -0.209. The number of carbonyl (C=O) groups excluding carboxylic acids is 1. The number of nitrogens with one attached hydrogen (secondary N) is 1. The first-order chi connectivity index (χ1) is 9.95. The first-order valence-electron chi connectivity index (χ1n) is 6.15. The van der Waals surface area contributed by atoms with Crippen LogP contribution in [0.1, 0.15) is 23.2 Å². The molecule has 0 spiro atoms. The number of hydrogen-bond donors (Lipinski definition) is 1. The second-order valence-electron chi connectivity index (χ2n) is 4.40. The predicted octanol–water partition coefficient (Wildman–Crippen LogP) is 3.84. The molecule has 0 radical (unpaired) electrons. The average molecular weight is 342 g/mol. The van der Waals surface area contributed by atoms with E-state index in [0.29, 0.717) is 15.8 Å². The highest BCUT2D eigenvalue weighted by molar-refractivity contribution is 7.09. The summed E-state index contributed by atoms with van der Waals surface area (Å²) < 4.78 is 0. The van der Waals surface area contributed by atoms with Crippen LogP contribution in [0.5, 0.6) is 0 Å². The molecule has 0 aliphatic rings. The zero-order valence-corrected chi connectivity index (χ0v) is 13.8. The number of hydrogen-bond acceptors (Lipinski definition) is 4. The van der Waals surface area contributed by atoms with Gasteiger partial charge in [0.05, 0.1) is 32.9 Å². The van der Waals surface area contributed by atoms with E-state index in [1.807, 2.05) is 12.3 Å². The van der Waals surface area contributed by atoms with Crippen LogP contribution >= 0.6 is 34.5 Å². The van der Waals surface area contributed by atoms with E-state index in [2.05, 4.69) is 15.5 Å². The molecule has 0 saturated heterocycles. The van der Waals surface area contributed by atoms with Crippen LogP contribution in [0.15, 0.2) is 28.7 Å². The van der Waals surface area contributed by atoms with Gasteiger partial charge in [-0.2, -0.15) is 5.10 Å². The maximum Gasteiger partial charge on any atom is 0.246 e. The Balaban J connectivity index is 1.99. The Kier molecular flexibility index (Phi) is 5.33. The van der Waals surface area contributed by atoms with Crippen molar-refractivity contribution in [3.05, 3.63) is 49.9 Å². The molecule has 1 aromatic carbocycles. The second-order valence-corrected chi connectivity index (χ2v) is 6.27. The maximum atomic E-state index is 11.8. The van der Waals surface area contributed by atoms with E-state index < -0.39 is 0 Å². The smallest absolute Gasteiger partial charge is 0.246 e. The number of halogens is 2. The molecule has 1 N–H and O–H groups in total. The maximum absolute atomic E-state index is 11.8. The van der Waals surface area contributed by atoms with Gasteiger partial charge in [-0.05, 0) is 31.5 Å². The molecule has 0 atom stereocenters. The normalized spacial score (nSPS) is 11.5. The second kappa shape index (κ2) is 7.02. The van der Waals surface area contributed by atoms with Crippen molar-refractivity contribution in [1.29, 1.82) is 0 Å². The van der Waals surface area contributed by atoms with Gasteiger partial charge < -0.3 is 0 Å². The Labute approximate surface area is 136 Å². The minimum atomic E-state index is -0.209. The van der Waals surface area contributed by atoms with Crippen LogP contribution in [0.4, 0.5) is 0 Å². The summed E-state index contributed by atoms with van der Waals surface area (Å²) in [7, 11) is 0. The van der Waals surface area contributed by atoms with E-state index in [4.69, 9.17) is 23.2 Å². The molecule has 1 amide bonds. The summed E-state index contributed by atoms with van der Waals surface area (Å²) in [5.41, 5.74) is 4.71. The fourth-order valence-electron chi connectivity index (χ4n) is 1.63. The van der Waals surface area contributed by atoms with E-state index in [9.17, 15) is 4.79 Å². The monoisotopic (exact) mass is 341 g/mol. The van der Waals surface area contributed by atoms with Crippen LogP contribution in [0.3, 0.4) is 0 Å². The van der Waals surface area contributed by atoms with E-state index in [0.717, 1.165) is 16.3 Å². The van der Waals surface area contributed by atoms with Crippen LogP contribution in [0, 0.1) is 6.92 Å². The zero-order valence-electron chi connectivity index (χ0n) is 11.5. The van der Waals surface area contributed by atoms with E-state index >= 15 is 0 Å². The average Bonchev–Trinajstić information content (AvgIpc) is 2.84. The molecule has 0 unspecified atom stereocenters. The fourth-order valence-corrected chi connectivity index (χ4v) is 2.54. The lowest BCUT2D eigenvalue weighted by Gasteiger charge is -2.04. The Morgan fingerprint density at radius 2 is 2.14 bits per heavy atom. The van der Waals surface area contributed by atoms with Gasteiger partial charge in [0.25, 0.3) is 0 Å². The number of aromatic nitrogens is 1. The third kappa shape index (κ3) is 4.52. The van der Waals surface area contributed by atoms with Crippen molar-refractivity contribution in [3.63, 3.8) is 0 Å². The van der Waals surface area contributed by atoms with Gasteiger partial charge in [-0.3, -0.25) is 4.79 Å². The van der Waals surface area contributed by atoms with Crippen molar-refractivity contribution < 1.29 is 4.79 Å². The van der Waals surface area contributed by atoms with Crippen LogP contribution in [-0.2, 0) is 11.2 Å². The number of amides is 1. The van der Waals surface area contributed by atoms with Crippen LogP contribution in [0.2, 0.25) is 10.0 Å². The molecule has 1 aromatic heterocycles. The van der Waals surface area contributed by atoms with Gasteiger partial charge in [-0.1, -0.05) is 29.3 Å². The lowest BCUT2D eigenvalue weighted by molar-refractivity contribution is -0.120. The fraction of sp³-hybridized carbons (Fsp3) is 0.214. The van der Waals surface area contributed by atoms with E-state index in [-0.39, 0.29) is 12.3 Å². The molecule has 1 heterocycles. The molecule has 2 aromatic rings. The van der Waals surface area contributed by atoms with Crippen LogP contribution in [-0.4, -0.2) is 16.6 Å². The molecule has 0 aliphatic carbocycles. The molecular weight excluding hydrogens is 329 g/mol. The van der Waals surface area contributed by atoms with E-state index in [1.54, 1.807) is 25.1 Å². The quantitative estimate of drug-likeness (QED) is 0.678. The van der Waals surface area contributed by atoms with Crippen LogP contribution in [0.25, 0.3) is 0 Å². The Morgan fingerprint density at radius 3 is 2.76 bits per heavy atom. The van der Waals surface area contributed by atoms with Crippen molar-refractivity contribution in [3.8, 4) is 0 Å². The summed E-state index contributed by atoms with van der Waals surface area (Å²) >= 11 is 13.3. The minimum Gasteiger partial charge on any atom is -0.273 e. The summed E-state index contributed by atoms with van der Waals surface area (Å²) in [5, 5.41) is 7.80. The highest BCUT2D eigenvalue weighted by atomic mass is 35.5. The number of aryl methyl sites for hydroxylation is 1. The number of thiazole rings is 1. The van der Waals surface area contributed by atoms with Gasteiger partial charge in [0, 0.05) is 5.38 Å². The molecule has 4 nitrogen and oxygen atoms in total. The molecule has 0 bridgehead atoms. The van der Waals surface area contributed by atoms with Gasteiger partial charge in [-0.25, -0.2) is 10.4 Å². The van der Waals surface area contributed by atoms with Gasteiger partial charge in [0.1, 0.15) is 0 Å². The van der Waals surface area contributed by atoms with Crippen LogP contribution < -0.4 is 5.43 Å². The zero-order chi connectivity index (χ0) is 15.4. The molecule has 0 aliphatic heterocycles. The first-order valence-corrected chi connectivity index (χ1v) is 7.79. The van der Waals surface area contributed by atoms with Crippen molar-refractivity contribution in [1.82, 2.24) is 10.4 Å². The number of nitrogens with zero attached hydrogens (tertiary/aromatic N) is 2. The summed E-state index contributed by atoms with van der Waals surface area (Å²) in [6, 6.07) is 5.19. The first kappa shape index (κ1) is 15.9. The third-order valence-electron chi connectivity index (χ3n) is 2.69. The number of carbonyl (C=O) groups is 1. The largest absolute Gasteiger partial charge is 0.273 e. The molecule has 0 fully saturated rings. The molecule has 0 saturated carbocycles. The van der Waals surface area contributed by atoms with E-state index in [1.165, 1.54) is 11.3 Å². The Hall–Kier alpha value is -1.43. The van der Waals surface area contributed by atoms with Gasteiger partial charge in [0.2, 0.25) is 5.91 Å². The van der Waals surface area contributed by atoms with Gasteiger partial charge in [0.15, 0.2) is 0 Å². The standard InChI is InChI=1S/C14H13Cl2N3OS/c1-8(10-3-4-12(15)13(16)5-10)18-19-14(20)6-11-7-21-9(2)17-11/h3-5,7H,6H2,1-2H3,(H,19,20). The number of benzene rings is 1. The van der Waals surface area contributed by atoms with Gasteiger partial charge >= 0.3 is 0 Å². The predicted molar refractivity (Wildman–Crippen MR) is 87.4 cm³/mol. The highest BCUT2D eigenvalue weighted by Crippen LogP contribution is 2.22. The highest BCUT2D eigenvalue weighted by Gasteiger charge is 2.07. The van der Waals surface area contributed by atoms with Crippen molar-refractivity contribution in [2.24, 2.45) is 5.10 Å². The molecule has 2 rings (SSSR count). The Bertz CT molecular complexity index is 697. The summed E-state index contributed by atoms with van der Waals surface area (Å²) in [6.07, 6.45) is 0.211. The topological polar surface area (TPSA) is 54.4 Å². The minimum absolute atomic E-state index is 0.209. The Morgan fingerprint density at radius 1 is 1.38 bits per heavy atom. The summed E-state index contributed by atoms with van der Waals surface area (Å²) in [6.45, 7) is 3.69. The lowest BCUT2D eigenvalue weighted by Crippen LogP contribution is -2.21. The molecule has 7 heteroatoms. The molecule has 110 valence electrons. The molecular formula is C14H13Cl2N3OS. The van der Waals surface area contributed by atoms with Crippen molar-refractivity contribution in [2.45, 2.75) is 20.3 Å². The number of rotatable bonds is 4. The lowest BCUT2D eigenvalue weighted by atomic mass is 10.1. The SMILES string of the molecule is CC(=NNC(=O)Cc1csc(C)n1)c1ccc(Cl)c(Cl)c1. The van der Waals surface area contributed by atoms with Crippen molar-refractivity contribution >= 4 is 46.2 Å². The molecule has 21 heavy (non-hydrogen) atoms. The summed E-state index contributed by atoms with van der Waals surface area (Å²) in [4.78, 5) is 16.0. The van der Waals surface area contributed by atoms with Gasteiger partial charge in [-0.15, -0.1) is 11.3 Å². The third-order valence-corrected chi connectivity index (χ3v) is 4.26. The number of hydrazone groups is 1. The van der Waals surface area contributed by atoms with Crippen molar-refractivity contribution in [2.75, 3.05) is 0 Å².